The Hall–Kier alpha value is -3.63. The molecule has 0 aliphatic carbocycles. The lowest BCUT2D eigenvalue weighted by atomic mass is 10.0. The van der Waals surface area contributed by atoms with Crippen LogP contribution in [-0.4, -0.2) is 32.9 Å². The van der Waals surface area contributed by atoms with Crippen LogP contribution in [0.2, 0.25) is 5.02 Å². The van der Waals surface area contributed by atoms with Crippen molar-refractivity contribution in [3.05, 3.63) is 75.8 Å². The largest absolute Gasteiger partial charge is 0.495 e. The summed E-state index contributed by atoms with van der Waals surface area (Å²) in [6, 6.07) is 14.9. The van der Waals surface area contributed by atoms with Gasteiger partial charge in [-0.05, 0) is 30.3 Å². The first kappa shape index (κ1) is 21.6. The first-order valence-corrected chi connectivity index (χ1v) is 11.1. The Morgan fingerprint density at radius 3 is 2.59 bits per heavy atom. The highest BCUT2D eigenvalue weighted by Crippen LogP contribution is 2.43. The van der Waals surface area contributed by atoms with Crippen molar-refractivity contribution >= 4 is 44.6 Å². The Bertz CT molecular complexity index is 1360. The van der Waals surface area contributed by atoms with E-state index in [0.29, 0.717) is 21.8 Å². The number of nitrogens with zero attached hydrogens (tertiary/aromatic N) is 2. The first-order valence-electron chi connectivity index (χ1n) is 9.26. The van der Waals surface area contributed by atoms with E-state index in [1.165, 1.54) is 31.4 Å². The molecule has 0 saturated carbocycles. The van der Waals surface area contributed by atoms with Crippen LogP contribution in [0.1, 0.15) is 0 Å². The normalized spacial score (nSPS) is 13.6. The van der Waals surface area contributed by atoms with Crippen LogP contribution in [0.4, 0.5) is 17.1 Å². The summed E-state index contributed by atoms with van der Waals surface area (Å²) < 4.78 is 32.7. The van der Waals surface area contributed by atoms with Gasteiger partial charge in [-0.2, -0.15) is 0 Å². The van der Waals surface area contributed by atoms with Gasteiger partial charge in [-0.1, -0.05) is 29.8 Å². The van der Waals surface area contributed by atoms with Gasteiger partial charge in [-0.15, -0.1) is 0 Å². The van der Waals surface area contributed by atoms with Gasteiger partial charge < -0.3 is 10.1 Å². The lowest BCUT2D eigenvalue weighted by Gasteiger charge is -2.31. The van der Waals surface area contributed by atoms with E-state index in [1.54, 1.807) is 30.3 Å². The Morgan fingerprint density at radius 1 is 1.12 bits per heavy atom. The van der Waals surface area contributed by atoms with Crippen LogP contribution < -0.4 is 14.4 Å². The molecule has 0 atom stereocenters. The maximum Gasteiger partial charge on any atom is 0.271 e. The number of nitro benzene ring substituents is 1. The minimum absolute atomic E-state index is 0.0514. The summed E-state index contributed by atoms with van der Waals surface area (Å²) in [5.74, 6) is -0.504. The molecular formula is C21H16ClN3O6S. The molecule has 3 aromatic carbocycles. The van der Waals surface area contributed by atoms with Crippen LogP contribution in [0.3, 0.4) is 0 Å². The van der Waals surface area contributed by atoms with E-state index in [4.69, 9.17) is 16.3 Å². The van der Waals surface area contributed by atoms with Crippen molar-refractivity contribution < 1.29 is 22.9 Å². The standard InChI is InChI=1S/C21H16ClN3O6S/c1-31-19-9-7-14(25(27)28)11-17(19)23-21(26)12-24-18-8-6-13(22)10-16(18)15-4-2-3-5-20(15)32(24,29)30/h2-11H,12H2,1H3,(H,23,26). The Labute approximate surface area is 188 Å². The van der Waals surface area contributed by atoms with E-state index in [0.717, 1.165) is 10.4 Å². The van der Waals surface area contributed by atoms with Crippen molar-refractivity contribution in [1.29, 1.82) is 0 Å². The number of fused-ring (bicyclic) bond motifs is 3. The minimum Gasteiger partial charge on any atom is -0.495 e. The fraction of sp³-hybridized carbons (Fsp3) is 0.0952. The average Bonchev–Trinajstić information content (AvgIpc) is 2.77. The number of anilines is 2. The highest BCUT2D eigenvalue weighted by atomic mass is 35.5. The second-order valence-corrected chi connectivity index (χ2v) is 9.13. The molecular weight excluding hydrogens is 458 g/mol. The molecule has 0 spiro atoms. The predicted octanol–water partition coefficient (Wildman–Crippen LogP) is 4.07. The van der Waals surface area contributed by atoms with Gasteiger partial charge in [0, 0.05) is 28.3 Å². The number of hydrogen-bond acceptors (Lipinski definition) is 6. The van der Waals surface area contributed by atoms with Crippen LogP contribution >= 0.6 is 11.6 Å². The zero-order chi connectivity index (χ0) is 23.0. The Morgan fingerprint density at radius 2 is 1.88 bits per heavy atom. The molecule has 1 heterocycles. The SMILES string of the molecule is COc1ccc([N+](=O)[O-])cc1NC(=O)CN1c2ccc(Cl)cc2-c2ccccc2S1(=O)=O. The average molecular weight is 474 g/mol. The molecule has 164 valence electrons. The number of sulfonamides is 1. The van der Waals surface area contributed by atoms with E-state index >= 15 is 0 Å². The van der Waals surface area contributed by atoms with Gasteiger partial charge in [0.1, 0.15) is 12.3 Å². The van der Waals surface area contributed by atoms with E-state index in [2.05, 4.69) is 5.32 Å². The number of ether oxygens (including phenoxy) is 1. The van der Waals surface area contributed by atoms with Crippen LogP contribution in [0.5, 0.6) is 5.75 Å². The molecule has 0 unspecified atom stereocenters. The summed E-state index contributed by atoms with van der Waals surface area (Å²) in [7, 11) is -2.69. The topological polar surface area (TPSA) is 119 Å². The number of carbonyl (C=O) groups excluding carboxylic acids is 1. The molecule has 1 aliphatic heterocycles. The number of carbonyl (C=O) groups is 1. The maximum absolute atomic E-state index is 13.3. The minimum atomic E-state index is -4.04. The summed E-state index contributed by atoms with van der Waals surface area (Å²) in [5.41, 5.74) is 1.17. The fourth-order valence-corrected chi connectivity index (χ4v) is 5.32. The Kier molecular flexibility index (Phi) is 5.49. The summed E-state index contributed by atoms with van der Waals surface area (Å²) in [6.07, 6.45) is 0. The van der Waals surface area contributed by atoms with Crippen LogP contribution in [0.25, 0.3) is 11.1 Å². The first-order chi connectivity index (χ1) is 15.2. The van der Waals surface area contributed by atoms with Gasteiger partial charge in [-0.3, -0.25) is 19.2 Å². The molecule has 1 amide bonds. The third kappa shape index (κ3) is 3.74. The van der Waals surface area contributed by atoms with Crippen molar-refractivity contribution in [2.45, 2.75) is 4.90 Å². The van der Waals surface area contributed by atoms with E-state index in [-0.39, 0.29) is 22.0 Å². The third-order valence-electron chi connectivity index (χ3n) is 4.93. The van der Waals surface area contributed by atoms with Gasteiger partial charge in [0.25, 0.3) is 15.7 Å². The maximum atomic E-state index is 13.3. The summed E-state index contributed by atoms with van der Waals surface area (Å²) in [6.45, 7) is -0.558. The van der Waals surface area contributed by atoms with Gasteiger partial charge >= 0.3 is 0 Å². The number of nitro groups is 1. The van der Waals surface area contributed by atoms with Crippen molar-refractivity contribution in [3.63, 3.8) is 0 Å². The van der Waals surface area contributed by atoms with Crippen molar-refractivity contribution in [2.24, 2.45) is 0 Å². The second kappa shape index (κ2) is 8.13. The molecule has 0 radical (unpaired) electrons. The molecule has 11 heteroatoms. The highest BCUT2D eigenvalue weighted by molar-refractivity contribution is 7.93. The van der Waals surface area contributed by atoms with Gasteiger partial charge in [0.2, 0.25) is 5.91 Å². The summed E-state index contributed by atoms with van der Waals surface area (Å²) in [5, 5.41) is 14.0. The third-order valence-corrected chi connectivity index (χ3v) is 6.98. The second-order valence-electron chi connectivity index (χ2n) is 6.86. The van der Waals surface area contributed by atoms with Crippen LogP contribution in [0.15, 0.2) is 65.6 Å². The van der Waals surface area contributed by atoms with E-state index in [1.807, 2.05) is 0 Å². The fourth-order valence-electron chi connectivity index (χ4n) is 3.50. The zero-order valence-electron chi connectivity index (χ0n) is 16.6. The van der Waals surface area contributed by atoms with Gasteiger partial charge in [0.15, 0.2) is 0 Å². The van der Waals surface area contributed by atoms with Crippen LogP contribution in [0, 0.1) is 10.1 Å². The molecule has 1 aliphatic rings. The molecule has 0 bridgehead atoms. The number of non-ortho nitro benzene ring substituents is 1. The van der Waals surface area contributed by atoms with Crippen molar-refractivity contribution in [1.82, 2.24) is 0 Å². The number of rotatable bonds is 5. The zero-order valence-corrected chi connectivity index (χ0v) is 18.2. The van der Waals surface area contributed by atoms with Crippen molar-refractivity contribution in [3.8, 4) is 16.9 Å². The van der Waals surface area contributed by atoms with Crippen molar-refractivity contribution in [2.75, 3.05) is 23.3 Å². The molecule has 32 heavy (non-hydrogen) atoms. The molecule has 0 aromatic heterocycles. The lowest BCUT2D eigenvalue weighted by Crippen LogP contribution is -2.40. The molecule has 0 fully saturated rings. The van der Waals surface area contributed by atoms with E-state index in [9.17, 15) is 23.3 Å². The molecule has 0 saturated heterocycles. The number of nitrogens with one attached hydrogen (secondary N) is 1. The number of amides is 1. The number of hydrogen-bond donors (Lipinski definition) is 1. The monoisotopic (exact) mass is 473 g/mol. The van der Waals surface area contributed by atoms with Gasteiger partial charge in [0.05, 0.1) is 28.3 Å². The Balaban J connectivity index is 1.72. The number of benzene rings is 3. The number of methoxy groups -OCH3 is 1. The molecule has 3 aromatic rings. The predicted molar refractivity (Wildman–Crippen MR) is 120 cm³/mol. The summed E-state index contributed by atoms with van der Waals surface area (Å²) in [4.78, 5) is 23.4. The molecule has 1 N–H and O–H groups in total. The quantitative estimate of drug-likeness (QED) is 0.440. The molecule has 4 rings (SSSR count). The summed E-state index contributed by atoms with van der Waals surface area (Å²) >= 11 is 6.13. The van der Waals surface area contributed by atoms with E-state index < -0.39 is 27.4 Å². The van der Waals surface area contributed by atoms with Gasteiger partial charge in [-0.25, -0.2) is 8.42 Å². The highest BCUT2D eigenvalue weighted by Gasteiger charge is 2.36. The lowest BCUT2D eigenvalue weighted by molar-refractivity contribution is -0.384. The van der Waals surface area contributed by atoms with Crippen LogP contribution in [-0.2, 0) is 14.8 Å². The number of halogens is 1. The molecule has 9 nitrogen and oxygen atoms in total. The smallest absolute Gasteiger partial charge is 0.271 e.